The number of aryl methyl sites for hydroxylation is 2. The highest BCUT2D eigenvalue weighted by atomic mass is 16.5. The van der Waals surface area contributed by atoms with E-state index in [0.29, 0.717) is 12.1 Å². The summed E-state index contributed by atoms with van der Waals surface area (Å²) in [5, 5.41) is 3.48. The van der Waals surface area contributed by atoms with E-state index in [0.717, 1.165) is 32.6 Å². The van der Waals surface area contributed by atoms with Crippen molar-refractivity contribution in [2.75, 3.05) is 33.9 Å². The van der Waals surface area contributed by atoms with E-state index in [4.69, 9.17) is 4.74 Å². The van der Waals surface area contributed by atoms with Crippen molar-refractivity contribution in [2.45, 2.75) is 38.8 Å². The molecule has 2 rings (SSSR count). The minimum absolute atomic E-state index is 0.391. The van der Waals surface area contributed by atoms with E-state index in [2.05, 4.69) is 56.4 Å². The van der Waals surface area contributed by atoms with Crippen LogP contribution in [0.15, 0.2) is 18.2 Å². The predicted octanol–water partition coefficient (Wildman–Crippen LogP) is 2.67. The highest BCUT2D eigenvalue weighted by molar-refractivity contribution is 5.33. The average molecular weight is 276 g/mol. The molecule has 1 aromatic rings. The Morgan fingerprint density at radius 3 is 2.65 bits per heavy atom. The number of likely N-dealkylation sites (N-methyl/N-ethyl adjacent to an activating group) is 2. The molecule has 1 aromatic carbocycles. The quantitative estimate of drug-likeness (QED) is 0.895. The third-order valence-corrected chi connectivity index (χ3v) is 4.44. The zero-order valence-electron chi connectivity index (χ0n) is 13.3. The summed E-state index contributed by atoms with van der Waals surface area (Å²) in [6.45, 7) is 7.22. The number of nitrogens with one attached hydrogen (secondary N) is 1. The highest BCUT2D eigenvalue weighted by Gasteiger charge is 2.22. The van der Waals surface area contributed by atoms with Gasteiger partial charge in [-0.25, -0.2) is 0 Å². The number of hydrogen-bond acceptors (Lipinski definition) is 3. The van der Waals surface area contributed by atoms with Crippen LogP contribution in [0, 0.1) is 13.8 Å². The van der Waals surface area contributed by atoms with Gasteiger partial charge >= 0.3 is 0 Å². The molecule has 20 heavy (non-hydrogen) atoms. The molecule has 0 bridgehead atoms. The highest BCUT2D eigenvalue weighted by Crippen LogP contribution is 2.22. The monoisotopic (exact) mass is 276 g/mol. The van der Waals surface area contributed by atoms with Crippen LogP contribution in [0.5, 0.6) is 0 Å². The largest absolute Gasteiger partial charge is 0.381 e. The molecule has 1 N–H and O–H groups in total. The SMILES string of the molecule is CNC(CN(C)C1CCOCC1)c1cc(C)ccc1C. The maximum atomic E-state index is 5.46. The van der Waals surface area contributed by atoms with Crippen molar-refractivity contribution >= 4 is 0 Å². The molecule has 0 aliphatic carbocycles. The van der Waals surface area contributed by atoms with E-state index in [1.54, 1.807) is 0 Å². The molecule has 0 spiro atoms. The average Bonchev–Trinajstić information content (AvgIpc) is 2.48. The minimum Gasteiger partial charge on any atom is -0.381 e. The van der Waals surface area contributed by atoms with E-state index in [1.807, 2.05) is 0 Å². The van der Waals surface area contributed by atoms with Gasteiger partial charge < -0.3 is 15.0 Å². The van der Waals surface area contributed by atoms with Gasteiger partial charge in [0.25, 0.3) is 0 Å². The Kier molecular flexibility index (Phi) is 5.58. The Bertz CT molecular complexity index is 427. The minimum atomic E-state index is 0.391. The van der Waals surface area contributed by atoms with Crippen LogP contribution < -0.4 is 5.32 Å². The fourth-order valence-corrected chi connectivity index (χ4v) is 3.04. The molecule has 1 saturated heterocycles. The van der Waals surface area contributed by atoms with Crippen molar-refractivity contribution in [2.24, 2.45) is 0 Å². The molecule has 1 aliphatic heterocycles. The van der Waals surface area contributed by atoms with Crippen LogP contribution in [0.25, 0.3) is 0 Å². The third-order valence-electron chi connectivity index (χ3n) is 4.44. The molecule has 1 aliphatic rings. The van der Waals surface area contributed by atoms with Crippen LogP contribution >= 0.6 is 0 Å². The lowest BCUT2D eigenvalue weighted by Crippen LogP contribution is -2.41. The molecule has 3 heteroatoms. The maximum absolute atomic E-state index is 5.46. The van der Waals surface area contributed by atoms with Crippen molar-refractivity contribution in [3.8, 4) is 0 Å². The second-order valence-electron chi connectivity index (χ2n) is 5.98. The van der Waals surface area contributed by atoms with Crippen LogP contribution in [0.3, 0.4) is 0 Å². The van der Waals surface area contributed by atoms with Crippen LogP contribution in [0.1, 0.15) is 35.6 Å². The summed E-state index contributed by atoms with van der Waals surface area (Å²) in [6.07, 6.45) is 2.31. The standard InChI is InChI=1S/C17H28N2O/c1-13-5-6-14(2)16(11-13)17(18-3)12-19(4)15-7-9-20-10-8-15/h5-6,11,15,17-18H,7-10,12H2,1-4H3. The van der Waals surface area contributed by atoms with E-state index in [1.165, 1.54) is 16.7 Å². The Labute approximate surface area is 123 Å². The Balaban J connectivity index is 2.05. The first kappa shape index (κ1) is 15.5. The summed E-state index contributed by atoms with van der Waals surface area (Å²) < 4.78 is 5.46. The summed E-state index contributed by atoms with van der Waals surface area (Å²) in [5.41, 5.74) is 4.13. The molecule has 1 heterocycles. The molecule has 1 atom stereocenters. The number of rotatable bonds is 5. The molecule has 3 nitrogen and oxygen atoms in total. The molecular weight excluding hydrogens is 248 g/mol. The van der Waals surface area contributed by atoms with Crippen molar-refractivity contribution in [1.29, 1.82) is 0 Å². The van der Waals surface area contributed by atoms with E-state index in [9.17, 15) is 0 Å². The van der Waals surface area contributed by atoms with Crippen LogP contribution in [0.2, 0.25) is 0 Å². The van der Waals surface area contributed by atoms with Crippen molar-refractivity contribution in [3.63, 3.8) is 0 Å². The lowest BCUT2D eigenvalue weighted by Gasteiger charge is -2.34. The van der Waals surface area contributed by atoms with E-state index < -0.39 is 0 Å². The summed E-state index contributed by atoms with van der Waals surface area (Å²) >= 11 is 0. The summed E-state index contributed by atoms with van der Waals surface area (Å²) in [7, 11) is 4.30. The van der Waals surface area contributed by atoms with Crippen LogP contribution in [-0.4, -0.2) is 44.8 Å². The van der Waals surface area contributed by atoms with Gasteiger partial charge in [-0.3, -0.25) is 0 Å². The summed E-state index contributed by atoms with van der Waals surface area (Å²) in [6, 6.07) is 7.78. The van der Waals surface area contributed by atoms with Crippen molar-refractivity contribution < 1.29 is 4.74 Å². The van der Waals surface area contributed by atoms with Gasteiger partial charge in [0.05, 0.1) is 0 Å². The van der Waals surface area contributed by atoms with Gasteiger partial charge in [0.2, 0.25) is 0 Å². The Morgan fingerprint density at radius 1 is 1.30 bits per heavy atom. The molecule has 0 aromatic heterocycles. The van der Waals surface area contributed by atoms with Gasteiger partial charge in [-0.1, -0.05) is 23.8 Å². The topological polar surface area (TPSA) is 24.5 Å². The number of benzene rings is 1. The molecule has 0 radical (unpaired) electrons. The van der Waals surface area contributed by atoms with E-state index >= 15 is 0 Å². The van der Waals surface area contributed by atoms with Gasteiger partial charge in [-0.2, -0.15) is 0 Å². The first-order valence-electron chi connectivity index (χ1n) is 7.64. The molecular formula is C17H28N2O. The number of hydrogen-bond donors (Lipinski definition) is 1. The fourth-order valence-electron chi connectivity index (χ4n) is 3.04. The molecule has 1 fully saturated rings. The Hall–Kier alpha value is -0.900. The van der Waals surface area contributed by atoms with Gasteiger partial charge in [-0.05, 0) is 51.9 Å². The normalized spacial score (nSPS) is 18.4. The van der Waals surface area contributed by atoms with Gasteiger partial charge in [0.1, 0.15) is 0 Å². The second kappa shape index (κ2) is 7.21. The van der Waals surface area contributed by atoms with Gasteiger partial charge in [-0.15, -0.1) is 0 Å². The lowest BCUT2D eigenvalue weighted by atomic mass is 9.97. The second-order valence-corrected chi connectivity index (χ2v) is 5.98. The summed E-state index contributed by atoms with van der Waals surface area (Å²) in [5.74, 6) is 0. The van der Waals surface area contributed by atoms with Crippen LogP contribution in [-0.2, 0) is 4.74 Å². The van der Waals surface area contributed by atoms with Crippen molar-refractivity contribution in [3.05, 3.63) is 34.9 Å². The lowest BCUT2D eigenvalue weighted by molar-refractivity contribution is 0.0403. The fraction of sp³-hybridized carbons (Fsp3) is 0.647. The van der Waals surface area contributed by atoms with Gasteiger partial charge in [0, 0.05) is 31.8 Å². The predicted molar refractivity (Wildman–Crippen MR) is 84.2 cm³/mol. The molecule has 0 saturated carbocycles. The zero-order chi connectivity index (χ0) is 14.5. The number of ether oxygens (including phenoxy) is 1. The first-order valence-corrected chi connectivity index (χ1v) is 7.64. The smallest absolute Gasteiger partial charge is 0.0480 e. The Morgan fingerprint density at radius 2 is 2.00 bits per heavy atom. The molecule has 112 valence electrons. The zero-order valence-corrected chi connectivity index (χ0v) is 13.3. The molecule has 0 amide bonds. The summed E-state index contributed by atoms with van der Waals surface area (Å²) in [4.78, 5) is 2.49. The third kappa shape index (κ3) is 3.81. The van der Waals surface area contributed by atoms with Gasteiger partial charge in [0.15, 0.2) is 0 Å². The van der Waals surface area contributed by atoms with Crippen LogP contribution in [0.4, 0.5) is 0 Å². The van der Waals surface area contributed by atoms with E-state index in [-0.39, 0.29) is 0 Å². The van der Waals surface area contributed by atoms with Crippen molar-refractivity contribution in [1.82, 2.24) is 10.2 Å². The first-order chi connectivity index (χ1) is 9.61. The number of nitrogens with zero attached hydrogens (tertiary/aromatic N) is 1. The maximum Gasteiger partial charge on any atom is 0.0480 e. The molecule has 1 unspecified atom stereocenters.